The van der Waals surface area contributed by atoms with Gasteiger partial charge >= 0.3 is 0 Å². The van der Waals surface area contributed by atoms with Gasteiger partial charge in [-0.25, -0.2) is 4.98 Å². The first kappa shape index (κ1) is 19.6. The molecular weight excluding hydrogens is 372 g/mol. The summed E-state index contributed by atoms with van der Waals surface area (Å²) >= 11 is 0. The first-order valence-electron chi connectivity index (χ1n) is 10.2. The number of pyridine rings is 1. The lowest BCUT2D eigenvalue weighted by Gasteiger charge is -2.22. The molecule has 0 spiro atoms. The fourth-order valence-electron chi connectivity index (χ4n) is 3.53. The normalized spacial score (nSPS) is 10.8. The van der Waals surface area contributed by atoms with Crippen molar-refractivity contribution in [1.29, 1.82) is 0 Å². The highest BCUT2D eigenvalue weighted by Gasteiger charge is 2.08. The zero-order valence-electron chi connectivity index (χ0n) is 17.6. The number of nitrogens with one attached hydrogen (secondary N) is 2. The van der Waals surface area contributed by atoms with Gasteiger partial charge in [0.25, 0.3) is 0 Å². The molecule has 0 bridgehead atoms. The van der Waals surface area contributed by atoms with E-state index >= 15 is 0 Å². The molecule has 0 unspecified atom stereocenters. The fraction of sp³-hybridized carbons (Fsp3) is 0.208. The Morgan fingerprint density at radius 3 is 2.47 bits per heavy atom. The molecule has 2 aromatic carbocycles. The predicted molar refractivity (Wildman–Crippen MR) is 125 cm³/mol. The fourth-order valence-corrected chi connectivity index (χ4v) is 3.53. The molecule has 0 atom stereocenters. The average molecular weight is 399 g/mol. The van der Waals surface area contributed by atoms with Gasteiger partial charge in [0.05, 0.1) is 11.2 Å². The van der Waals surface area contributed by atoms with Crippen LogP contribution in [0.2, 0.25) is 0 Å². The van der Waals surface area contributed by atoms with Crippen LogP contribution in [0.25, 0.3) is 10.9 Å². The van der Waals surface area contributed by atoms with Crippen LogP contribution >= 0.6 is 0 Å². The van der Waals surface area contributed by atoms with Crippen molar-refractivity contribution in [3.63, 3.8) is 0 Å². The van der Waals surface area contributed by atoms with Crippen LogP contribution in [0.4, 0.5) is 28.8 Å². The Labute approximate surface area is 177 Å². The molecule has 30 heavy (non-hydrogen) atoms. The highest BCUT2D eigenvalue weighted by Crippen LogP contribution is 2.26. The highest BCUT2D eigenvalue weighted by atomic mass is 15.1. The van der Waals surface area contributed by atoms with E-state index in [-0.39, 0.29) is 0 Å². The van der Waals surface area contributed by atoms with E-state index in [4.69, 9.17) is 0 Å². The predicted octanol–water partition coefficient (Wildman–Crippen LogP) is 5.67. The maximum Gasteiger partial charge on any atom is 0.229 e. The van der Waals surface area contributed by atoms with Gasteiger partial charge in [-0.15, -0.1) is 0 Å². The maximum absolute atomic E-state index is 4.63. The Kier molecular flexibility index (Phi) is 5.75. The molecule has 4 rings (SSSR count). The van der Waals surface area contributed by atoms with Crippen molar-refractivity contribution in [1.82, 2.24) is 15.0 Å². The quantitative estimate of drug-likeness (QED) is 0.418. The van der Waals surface area contributed by atoms with Gasteiger partial charge < -0.3 is 15.5 Å². The van der Waals surface area contributed by atoms with Gasteiger partial charge in [0.1, 0.15) is 5.82 Å². The van der Waals surface area contributed by atoms with E-state index in [1.54, 1.807) is 12.4 Å². The van der Waals surface area contributed by atoms with Crippen LogP contribution in [0, 0.1) is 6.92 Å². The van der Waals surface area contributed by atoms with Crippen LogP contribution in [-0.4, -0.2) is 28.0 Å². The van der Waals surface area contributed by atoms with E-state index in [0.717, 1.165) is 41.2 Å². The summed E-state index contributed by atoms with van der Waals surface area (Å²) in [5, 5.41) is 7.78. The summed E-state index contributed by atoms with van der Waals surface area (Å²) in [6, 6.07) is 18.3. The third kappa shape index (κ3) is 4.17. The third-order valence-electron chi connectivity index (χ3n) is 5.14. The molecule has 6 heteroatoms. The molecule has 0 amide bonds. The Bertz CT molecular complexity index is 1150. The minimum Gasteiger partial charge on any atom is -0.372 e. The zero-order chi connectivity index (χ0) is 20.9. The molecule has 2 aromatic heterocycles. The Balaban J connectivity index is 1.55. The number of nitrogens with zero attached hydrogens (tertiary/aromatic N) is 4. The van der Waals surface area contributed by atoms with Crippen molar-refractivity contribution in [2.75, 3.05) is 28.6 Å². The second-order valence-electron chi connectivity index (χ2n) is 7.07. The van der Waals surface area contributed by atoms with Gasteiger partial charge in [-0.1, -0.05) is 18.2 Å². The van der Waals surface area contributed by atoms with Gasteiger partial charge in [-0.2, -0.15) is 4.98 Å². The number of benzene rings is 2. The summed E-state index contributed by atoms with van der Waals surface area (Å²) in [5.74, 6) is 1.26. The first-order chi connectivity index (χ1) is 14.7. The summed E-state index contributed by atoms with van der Waals surface area (Å²) < 4.78 is 0. The van der Waals surface area contributed by atoms with Gasteiger partial charge in [-0.3, -0.25) is 4.98 Å². The van der Waals surface area contributed by atoms with Crippen LogP contribution in [-0.2, 0) is 0 Å². The van der Waals surface area contributed by atoms with E-state index in [0.29, 0.717) is 5.95 Å². The van der Waals surface area contributed by atoms with Crippen molar-refractivity contribution < 1.29 is 0 Å². The second kappa shape index (κ2) is 8.78. The molecule has 0 saturated heterocycles. The number of hydrogen-bond donors (Lipinski definition) is 2. The van der Waals surface area contributed by atoms with Crippen molar-refractivity contribution in [3.8, 4) is 0 Å². The average Bonchev–Trinajstić information content (AvgIpc) is 2.77. The SMILES string of the molecule is CCN(CC)c1ccc(Nc2ccnc(Nc3cccc4cccnc34)n2)c(C)c1. The Morgan fingerprint density at radius 2 is 1.67 bits per heavy atom. The minimum absolute atomic E-state index is 0.524. The van der Waals surface area contributed by atoms with Crippen molar-refractivity contribution in [3.05, 3.63) is 72.6 Å². The number of fused-ring (bicyclic) bond motifs is 1. The largest absolute Gasteiger partial charge is 0.372 e. The molecule has 4 aromatic rings. The van der Waals surface area contributed by atoms with Crippen molar-refractivity contribution >= 4 is 39.7 Å². The lowest BCUT2D eigenvalue weighted by molar-refractivity contribution is 0.866. The minimum atomic E-state index is 0.524. The number of para-hydroxylation sites is 1. The van der Waals surface area contributed by atoms with E-state index < -0.39 is 0 Å². The number of anilines is 5. The number of aromatic nitrogens is 3. The Morgan fingerprint density at radius 1 is 0.833 bits per heavy atom. The summed E-state index contributed by atoms with van der Waals surface area (Å²) in [7, 11) is 0. The molecule has 0 radical (unpaired) electrons. The molecule has 6 nitrogen and oxygen atoms in total. The molecule has 0 saturated carbocycles. The van der Waals surface area contributed by atoms with E-state index in [1.165, 1.54) is 11.3 Å². The summed E-state index contributed by atoms with van der Waals surface area (Å²) in [5.41, 5.74) is 5.21. The molecule has 0 fully saturated rings. The molecule has 0 aliphatic rings. The Hall–Kier alpha value is -3.67. The highest BCUT2D eigenvalue weighted by molar-refractivity contribution is 5.91. The van der Waals surface area contributed by atoms with Crippen LogP contribution < -0.4 is 15.5 Å². The zero-order valence-corrected chi connectivity index (χ0v) is 17.6. The molecule has 2 N–H and O–H groups in total. The van der Waals surface area contributed by atoms with Crippen LogP contribution in [0.15, 0.2) is 67.0 Å². The lowest BCUT2D eigenvalue weighted by Crippen LogP contribution is -2.21. The van der Waals surface area contributed by atoms with E-state index in [9.17, 15) is 0 Å². The van der Waals surface area contributed by atoms with E-state index in [1.807, 2.05) is 36.4 Å². The van der Waals surface area contributed by atoms with Crippen LogP contribution in [0.5, 0.6) is 0 Å². The number of hydrogen-bond acceptors (Lipinski definition) is 6. The molecular formula is C24H26N6. The molecule has 0 aliphatic heterocycles. The first-order valence-corrected chi connectivity index (χ1v) is 10.2. The monoisotopic (exact) mass is 398 g/mol. The van der Waals surface area contributed by atoms with Gasteiger partial charge in [0, 0.05) is 42.2 Å². The van der Waals surface area contributed by atoms with Crippen molar-refractivity contribution in [2.24, 2.45) is 0 Å². The topological polar surface area (TPSA) is 66.0 Å². The van der Waals surface area contributed by atoms with E-state index in [2.05, 4.69) is 69.5 Å². The van der Waals surface area contributed by atoms with Gasteiger partial charge in [-0.05, 0) is 62.7 Å². The lowest BCUT2D eigenvalue weighted by atomic mass is 10.1. The van der Waals surface area contributed by atoms with Crippen LogP contribution in [0.1, 0.15) is 19.4 Å². The van der Waals surface area contributed by atoms with Crippen molar-refractivity contribution in [2.45, 2.75) is 20.8 Å². The maximum atomic E-state index is 4.63. The molecule has 0 aliphatic carbocycles. The smallest absolute Gasteiger partial charge is 0.229 e. The standard InChI is InChI=1S/C24H26N6/c1-4-30(5-2)19-11-12-20(17(3)16-19)27-22-13-15-26-24(29-22)28-21-10-6-8-18-9-7-14-25-23(18)21/h6-16H,4-5H2,1-3H3,(H2,26,27,28,29). The molecule has 152 valence electrons. The van der Waals surface area contributed by atoms with Gasteiger partial charge in [0.15, 0.2) is 0 Å². The summed E-state index contributed by atoms with van der Waals surface area (Å²) in [4.78, 5) is 15.8. The van der Waals surface area contributed by atoms with Crippen LogP contribution in [0.3, 0.4) is 0 Å². The second-order valence-corrected chi connectivity index (χ2v) is 7.07. The number of aryl methyl sites for hydroxylation is 1. The number of rotatable bonds is 7. The van der Waals surface area contributed by atoms with Gasteiger partial charge in [0.2, 0.25) is 5.95 Å². The summed E-state index contributed by atoms with van der Waals surface area (Å²) in [6.07, 6.45) is 3.53. The summed E-state index contributed by atoms with van der Waals surface area (Å²) in [6.45, 7) is 8.44. The third-order valence-corrected chi connectivity index (χ3v) is 5.14. The molecule has 2 heterocycles.